The van der Waals surface area contributed by atoms with Crippen molar-refractivity contribution >= 4 is 47.2 Å². The molecule has 376 valence electrons. The highest BCUT2D eigenvalue weighted by atomic mass is 35.5. The van der Waals surface area contributed by atoms with Gasteiger partial charge >= 0.3 is 12.2 Å². The van der Waals surface area contributed by atoms with Crippen LogP contribution in [0.1, 0.15) is 132 Å². The van der Waals surface area contributed by atoms with E-state index in [1.165, 1.54) is 0 Å². The van der Waals surface area contributed by atoms with Gasteiger partial charge in [-0.2, -0.15) is 0 Å². The van der Waals surface area contributed by atoms with Crippen molar-refractivity contribution in [2.24, 2.45) is 46.5 Å². The molecule has 3 heterocycles. The van der Waals surface area contributed by atoms with Crippen molar-refractivity contribution in [2.45, 2.75) is 135 Å². The summed E-state index contributed by atoms with van der Waals surface area (Å²) >= 11 is 11.8. The maximum atomic E-state index is 12.7. The molecule has 0 bridgehead atoms. The van der Waals surface area contributed by atoms with E-state index in [-0.39, 0.29) is 54.0 Å². The van der Waals surface area contributed by atoms with Gasteiger partial charge in [0.15, 0.2) is 0 Å². The van der Waals surface area contributed by atoms with Crippen molar-refractivity contribution in [3.63, 3.8) is 0 Å². The Kier molecular flexibility index (Phi) is 16.4. The largest absolute Gasteiger partial charge is 0.444 e. The molecule has 2 aromatic carbocycles. The number of nitrogens with one attached hydrogen (secondary N) is 2. The fourth-order valence-corrected chi connectivity index (χ4v) is 11.1. The molecule has 0 spiro atoms. The summed E-state index contributed by atoms with van der Waals surface area (Å²) < 4.78 is 12.6. The van der Waals surface area contributed by atoms with Crippen LogP contribution in [0, 0.1) is 53.8 Å². The Balaban J connectivity index is 0.000000175. The van der Waals surface area contributed by atoms with Crippen LogP contribution in [0.25, 0.3) is 10.4 Å². The van der Waals surface area contributed by atoms with Crippen LogP contribution in [0.3, 0.4) is 0 Å². The molecule has 4 aliphatic carbocycles. The van der Waals surface area contributed by atoms with E-state index in [1.807, 2.05) is 46.2 Å². The first-order chi connectivity index (χ1) is 33.2. The third-order valence-electron chi connectivity index (χ3n) is 14.5. The lowest BCUT2D eigenvalue weighted by atomic mass is 9.97. The van der Waals surface area contributed by atoms with Gasteiger partial charge in [-0.3, -0.25) is 9.59 Å². The van der Waals surface area contributed by atoms with E-state index < -0.39 is 11.2 Å². The zero-order valence-corrected chi connectivity index (χ0v) is 43.1. The van der Waals surface area contributed by atoms with Gasteiger partial charge in [-0.15, -0.1) is 11.5 Å². The molecule has 6 unspecified atom stereocenters. The predicted molar refractivity (Wildman–Crippen MR) is 268 cm³/mol. The first kappa shape index (κ1) is 52.3. The Morgan fingerprint density at radius 1 is 0.757 bits per heavy atom. The van der Waals surface area contributed by atoms with Crippen LogP contribution < -0.4 is 10.6 Å². The molecule has 4 saturated carbocycles. The molecule has 4 amide bonds. The number of carbonyl (C=O) groups is 4. The second-order valence-corrected chi connectivity index (χ2v) is 22.6. The van der Waals surface area contributed by atoms with Crippen molar-refractivity contribution in [1.29, 1.82) is 0 Å². The maximum absolute atomic E-state index is 12.7. The monoisotopic (exact) mass is 998 g/mol. The fraction of sp³-hybridized carbons (Fsp3) is 0.615. The molecule has 6 aliphatic rings. The second kappa shape index (κ2) is 21.9. The predicted octanol–water partition coefficient (Wildman–Crippen LogP) is 10.3. The molecule has 0 radical (unpaired) electrons. The molecule has 2 N–H and O–H groups in total. The normalized spacial score (nSPS) is 26.0. The lowest BCUT2D eigenvalue weighted by Crippen LogP contribution is -2.51. The third kappa shape index (κ3) is 13.1. The van der Waals surface area contributed by atoms with Crippen molar-refractivity contribution in [1.82, 2.24) is 35.4 Å². The van der Waals surface area contributed by atoms with Crippen LogP contribution in [-0.4, -0.2) is 104 Å². The number of terminal acetylenes is 1. The van der Waals surface area contributed by atoms with Gasteiger partial charge in [0, 0.05) is 82.5 Å². The Bertz CT molecular complexity index is 2410. The summed E-state index contributed by atoms with van der Waals surface area (Å²) in [5.74, 6) is 6.47. The molecule has 18 heteroatoms. The van der Waals surface area contributed by atoms with Gasteiger partial charge in [0.1, 0.15) is 11.2 Å². The van der Waals surface area contributed by atoms with Gasteiger partial charge in [-0.25, -0.2) is 14.3 Å². The van der Waals surface area contributed by atoms with Crippen molar-refractivity contribution in [3.05, 3.63) is 92.0 Å². The summed E-state index contributed by atoms with van der Waals surface area (Å²) in [5, 5.41) is 20.3. The highest BCUT2D eigenvalue weighted by molar-refractivity contribution is 6.31. The number of fused-ring (bicyclic) bond motifs is 2. The average Bonchev–Trinajstić information content (AvgIpc) is 3.76. The number of aromatic nitrogens is 3. The molecular weight excluding hydrogens is 932 g/mol. The quantitative estimate of drug-likeness (QED) is 0.0819. The molecule has 1 aromatic heterocycles. The van der Waals surface area contributed by atoms with Gasteiger partial charge < -0.3 is 29.9 Å². The second-order valence-electron chi connectivity index (χ2n) is 21.7. The number of carbonyl (C=O) groups excluding carboxylic acids is 4. The first-order valence-corrected chi connectivity index (χ1v) is 25.4. The zero-order valence-electron chi connectivity index (χ0n) is 41.6. The number of benzene rings is 2. The molecule has 3 aromatic rings. The molecule has 2 aliphatic heterocycles. The van der Waals surface area contributed by atoms with Gasteiger partial charge in [0.05, 0.1) is 17.7 Å². The van der Waals surface area contributed by atoms with Crippen molar-refractivity contribution in [2.75, 3.05) is 26.2 Å². The van der Waals surface area contributed by atoms with E-state index >= 15 is 0 Å². The van der Waals surface area contributed by atoms with E-state index in [2.05, 4.69) is 56.9 Å². The zero-order chi connectivity index (χ0) is 50.7. The number of halogens is 2. The summed E-state index contributed by atoms with van der Waals surface area (Å²) in [4.78, 5) is 54.8. The Morgan fingerprint density at radius 3 is 1.59 bits per heavy atom. The topological polar surface area (TPSA) is 197 Å². The van der Waals surface area contributed by atoms with Gasteiger partial charge in [0.2, 0.25) is 0 Å². The maximum Gasteiger partial charge on any atom is 0.410 e. The van der Waals surface area contributed by atoms with E-state index in [9.17, 15) is 19.2 Å². The molecule has 10 atom stereocenters. The van der Waals surface area contributed by atoms with Crippen LogP contribution >= 0.6 is 23.2 Å². The SMILES string of the molecule is C#CC1CN(C(=O)OC(C)(C)C)C1.CCC(NC(=O)c1ccc(Cl)cc1)C1[C@H]2CC(N=[N+]=[N-])C[C@@H]12.CCC(NC(=O)c1ccc(Cl)cc1)C1[C@H]2CC(n3cc(C4CN(C(=O)OC(C)(C)C)C4)nn3)C[C@@H]12. The lowest BCUT2D eigenvalue weighted by Gasteiger charge is -2.38. The van der Waals surface area contributed by atoms with E-state index in [1.54, 1.807) is 58.3 Å². The number of likely N-dealkylation sites (tertiary alicyclic amines) is 2. The lowest BCUT2D eigenvalue weighted by molar-refractivity contribution is 0.00556. The third-order valence-corrected chi connectivity index (χ3v) is 15.0. The van der Waals surface area contributed by atoms with Crippen molar-refractivity contribution < 1.29 is 28.7 Å². The minimum Gasteiger partial charge on any atom is -0.444 e. The van der Waals surface area contributed by atoms with Crippen LogP contribution in [-0.2, 0) is 9.47 Å². The summed E-state index contributed by atoms with van der Waals surface area (Å²) in [6, 6.07) is 14.9. The first-order valence-electron chi connectivity index (χ1n) is 24.7. The number of ether oxygens (including phenoxy) is 2. The van der Waals surface area contributed by atoms with Gasteiger partial charge in [-0.1, -0.05) is 53.3 Å². The number of hydrogen-bond acceptors (Lipinski definition) is 9. The summed E-state index contributed by atoms with van der Waals surface area (Å²) in [5.41, 5.74) is 9.84. The average molecular weight is 1000 g/mol. The van der Waals surface area contributed by atoms with Crippen LogP contribution in [0.5, 0.6) is 0 Å². The van der Waals surface area contributed by atoms with Crippen molar-refractivity contribution in [3.8, 4) is 12.3 Å². The summed E-state index contributed by atoms with van der Waals surface area (Å²) in [6.45, 7) is 17.9. The summed E-state index contributed by atoms with van der Waals surface area (Å²) in [7, 11) is 0. The molecular formula is C52H68Cl2N10O6. The molecule has 2 saturated heterocycles. The Labute approximate surface area is 421 Å². The number of amides is 4. The molecule has 9 rings (SSSR count). The number of rotatable bonds is 11. The van der Waals surface area contributed by atoms with Gasteiger partial charge in [-0.05, 0) is 170 Å². The minimum absolute atomic E-state index is 0.0307. The smallest absolute Gasteiger partial charge is 0.410 e. The Morgan fingerprint density at radius 2 is 1.19 bits per heavy atom. The summed E-state index contributed by atoms with van der Waals surface area (Å²) in [6.07, 6.45) is 12.6. The standard InChI is InChI=1S/C26H34ClN5O3.C16H19ClN4O.C10H15NO2/c1-5-21(28-24(33)15-6-8-17(27)9-7-15)23-19-10-18(11-20(19)23)32-14-22(29-30-32)16-12-31(13-16)25(34)35-26(2,3)4;1-2-14(15-12-7-11(20-21-18)8-13(12)15)19-16(22)9-3-5-10(17)6-4-9;1-5-8-6-11(7-8)9(12)13-10(2,3)4/h6-9,14,16,18-21,23H,5,10-13H2,1-4H3,(H,28,33);3-6,11-15H,2,7-8H2,1H3,(H,19,22);1,8H,6-7H2,2-4H3/t18?,19-,20+,21?,23?;11?,12-,13+,14?,15?;. The Hall–Kier alpha value is -5.49. The van der Waals surface area contributed by atoms with Crippen LogP contribution in [0.4, 0.5) is 9.59 Å². The molecule has 6 fully saturated rings. The number of nitrogens with zero attached hydrogens (tertiary/aromatic N) is 8. The van der Waals surface area contributed by atoms with E-state index in [0.717, 1.165) is 44.2 Å². The highest BCUT2D eigenvalue weighted by Gasteiger charge is 2.60. The van der Waals surface area contributed by atoms with Crippen LogP contribution in [0.2, 0.25) is 10.0 Å². The van der Waals surface area contributed by atoms with Gasteiger partial charge in [0.25, 0.3) is 11.8 Å². The van der Waals surface area contributed by atoms with Crippen LogP contribution in [0.15, 0.2) is 59.8 Å². The minimum atomic E-state index is -0.484. The van der Waals surface area contributed by atoms with E-state index in [0.29, 0.717) is 88.9 Å². The fourth-order valence-electron chi connectivity index (χ4n) is 10.8. The highest BCUT2D eigenvalue weighted by Crippen LogP contribution is 2.63. The molecule has 70 heavy (non-hydrogen) atoms. The van der Waals surface area contributed by atoms with E-state index in [4.69, 9.17) is 44.6 Å². The number of hydrogen-bond donors (Lipinski definition) is 2. The molecule has 16 nitrogen and oxygen atoms in total. The number of azide groups is 1.